The van der Waals surface area contributed by atoms with Crippen LogP contribution >= 0.6 is 0 Å². The number of aliphatic hydroxyl groups excluding tert-OH is 1. The number of benzene rings is 1. The van der Waals surface area contributed by atoms with Crippen molar-refractivity contribution in [3.05, 3.63) is 53.6 Å². The third kappa shape index (κ3) is 2.87. The summed E-state index contributed by atoms with van der Waals surface area (Å²) in [6.45, 7) is 1.60. The van der Waals surface area contributed by atoms with Gasteiger partial charge in [0.1, 0.15) is 28.9 Å². The number of hydrogen-bond acceptors (Lipinski definition) is 4. The topological polar surface area (TPSA) is 66.1 Å². The fourth-order valence-electron chi connectivity index (χ4n) is 1.52. The van der Waals surface area contributed by atoms with Gasteiger partial charge in [0, 0.05) is 0 Å². The van der Waals surface area contributed by atoms with Gasteiger partial charge in [0.25, 0.3) is 0 Å². The summed E-state index contributed by atoms with van der Waals surface area (Å²) < 4.78 is 18.8. The summed E-state index contributed by atoms with van der Waals surface area (Å²) in [5.74, 6) is -0.130. The minimum atomic E-state index is -0.669. The lowest BCUT2D eigenvalue weighted by molar-refractivity contribution is 0.194. The molecule has 0 bridgehead atoms. The highest BCUT2D eigenvalue weighted by molar-refractivity contribution is 5.45. The Morgan fingerprint density at radius 3 is 2.74 bits per heavy atom. The fraction of sp³-hybridized carbons (Fsp3) is 0.143. The molecule has 1 unspecified atom stereocenters. The molecule has 19 heavy (non-hydrogen) atoms. The van der Waals surface area contributed by atoms with E-state index in [0.717, 1.165) is 0 Å². The molecule has 0 aliphatic carbocycles. The third-order valence-corrected chi connectivity index (χ3v) is 2.50. The van der Waals surface area contributed by atoms with Crippen LogP contribution in [0.5, 0.6) is 11.5 Å². The number of rotatable bonds is 3. The summed E-state index contributed by atoms with van der Waals surface area (Å²) in [5, 5.41) is 18.2. The number of ether oxygens (including phenoxy) is 1. The molecule has 1 N–H and O–H groups in total. The van der Waals surface area contributed by atoms with Gasteiger partial charge in [-0.15, -0.1) is 0 Å². The Kier molecular flexibility index (Phi) is 3.74. The van der Waals surface area contributed by atoms with Crippen LogP contribution in [0.1, 0.15) is 24.3 Å². The van der Waals surface area contributed by atoms with Crippen LogP contribution < -0.4 is 4.74 Å². The summed E-state index contributed by atoms with van der Waals surface area (Å²) in [7, 11) is 0. The van der Waals surface area contributed by atoms with Gasteiger partial charge in [-0.25, -0.2) is 4.39 Å². The first-order valence-electron chi connectivity index (χ1n) is 5.62. The van der Waals surface area contributed by atoms with E-state index in [0.29, 0.717) is 11.4 Å². The Labute approximate surface area is 109 Å². The number of nitrogens with zero attached hydrogens (tertiary/aromatic N) is 2. The monoisotopic (exact) mass is 258 g/mol. The second-order valence-corrected chi connectivity index (χ2v) is 3.92. The van der Waals surface area contributed by atoms with E-state index >= 15 is 0 Å². The SMILES string of the molecule is CC(O)c1ccc(Oc2cccc(F)c2C#N)cn1. The zero-order chi connectivity index (χ0) is 13.8. The van der Waals surface area contributed by atoms with E-state index in [1.807, 2.05) is 0 Å². The van der Waals surface area contributed by atoms with Gasteiger partial charge in [-0.05, 0) is 31.2 Å². The van der Waals surface area contributed by atoms with Crippen LogP contribution in [0.25, 0.3) is 0 Å². The van der Waals surface area contributed by atoms with Crippen LogP contribution in [0.3, 0.4) is 0 Å². The van der Waals surface area contributed by atoms with Crippen molar-refractivity contribution in [3.63, 3.8) is 0 Å². The molecule has 5 heteroatoms. The molecule has 0 saturated carbocycles. The average Bonchev–Trinajstić information content (AvgIpc) is 2.39. The number of aliphatic hydroxyl groups is 1. The van der Waals surface area contributed by atoms with Crippen LogP contribution in [0.2, 0.25) is 0 Å². The molecule has 96 valence electrons. The number of pyridine rings is 1. The second-order valence-electron chi connectivity index (χ2n) is 3.92. The summed E-state index contributed by atoms with van der Waals surface area (Å²) in [4.78, 5) is 4.00. The van der Waals surface area contributed by atoms with E-state index in [1.165, 1.54) is 24.4 Å². The van der Waals surface area contributed by atoms with Gasteiger partial charge in [-0.1, -0.05) is 6.07 Å². The normalized spacial score (nSPS) is 11.7. The first-order valence-corrected chi connectivity index (χ1v) is 5.62. The number of aromatic nitrogens is 1. The van der Waals surface area contributed by atoms with Crippen molar-refractivity contribution in [1.82, 2.24) is 4.98 Å². The van der Waals surface area contributed by atoms with Gasteiger partial charge in [0.05, 0.1) is 18.0 Å². The fourth-order valence-corrected chi connectivity index (χ4v) is 1.52. The molecule has 1 atom stereocenters. The summed E-state index contributed by atoms with van der Waals surface area (Å²) in [6, 6.07) is 9.11. The smallest absolute Gasteiger partial charge is 0.148 e. The molecule has 1 aromatic heterocycles. The molecule has 0 aliphatic heterocycles. The van der Waals surface area contributed by atoms with E-state index in [4.69, 9.17) is 10.00 Å². The molecule has 1 aromatic carbocycles. The maximum absolute atomic E-state index is 13.4. The Morgan fingerprint density at radius 2 is 2.16 bits per heavy atom. The van der Waals surface area contributed by atoms with Crippen molar-refractivity contribution in [3.8, 4) is 17.6 Å². The van der Waals surface area contributed by atoms with Crippen molar-refractivity contribution in [2.45, 2.75) is 13.0 Å². The van der Waals surface area contributed by atoms with Crippen LogP contribution in [0.4, 0.5) is 4.39 Å². The van der Waals surface area contributed by atoms with Gasteiger partial charge >= 0.3 is 0 Å². The van der Waals surface area contributed by atoms with Gasteiger partial charge in [-0.2, -0.15) is 5.26 Å². The lowest BCUT2D eigenvalue weighted by Crippen LogP contribution is -1.96. The van der Waals surface area contributed by atoms with Crippen molar-refractivity contribution in [2.75, 3.05) is 0 Å². The Balaban J connectivity index is 2.27. The Bertz CT molecular complexity index is 618. The van der Waals surface area contributed by atoms with Crippen LogP contribution in [0.15, 0.2) is 36.5 Å². The molecule has 0 spiro atoms. The number of hydrogen-bond donors (Lipinski definition) is 1. The molecule has 1 heterocycles. The lowest BCUT2D eigenvalue weighted by Gasteiger charge is -2.08. The average molecular weight is 258 g/mol. The molecular weight excluding hydrogens is 247 g/mol. The van der Waals surface area contributed by atoms with E-state index < -0.39 is 11.9 Å². The van der Waals surface area contributed by atoms with Gasteiger partial charge in [0.15, 0.2) is 0 Å². The second kappa shape index (κ2) is 5.46. The van der Waals surface area contributed by atoms with Crippen molar-refractivity contribution in [2.24, 2.45) is 0 Å². The van der Waals surface area contributed by atoms with Crippen LogP contribution in [-0.4, -0.2) is 10.1 Å². The maximum atomic E-state index is 13.4. The summed E-state index contributed by atoms with van der Waals surface area (Å²) in [6.07, 6.45) is 0.742. The molecule has 0 amide bonds. The Morgan fingerprint density at radius 1 is 1.37 bits per heavy atom. The minimum Gasteiger partial charge on any atom is -0.454 e. The van der Waals surface area contributed by atoms with Crippen LogP contribution in [0, 0.1) is 17.1 Å². The summed E-state index contributed by atoms with van der Waals surface area (Å²) >= 11 is 0. The maximum Gasteiger partial charge on any atom is 0.148 e. The van der Waals surface area contributed by atoms with Gasteiger partial charge in [0.2, 0.25) is 0 Å². The largest absolute Gasteiger partial charge is 0.454 e. The van der Waals surface area contributed by atoms with Gasteiger partial charge < -0.3 is 9.84 Å². The first-order chi connectivity index (χ1) is 9.11. The van der Waals surface area contributed by atoms with E-state index in [9.17, 15) is 9.50 Å². The van der Waals surface area contributed by atoms with E-state index in [2.05, 4.69) is 4.98 Å². The molecule has 2 aromatic rings. The highest BCUT2D eigenvalue weighted by Gasteiger charge is 2.10. The van der Waals surface area contributed by atoms with Crippen molar-refractivity contribution < 1.29 is 14.2 Å². The van der Waals surface area contributed by atoms with Crippen molar-refractivity contribution >= 4 is 0 Å². The van der Waals surface area contributed by atoms with Crippen LogP contribution in [-0.2, 0) is 0 Å². The Hall–Kier alpha value is -2.45. The lowest BCUT2D eigenvalue weighted by atomic mass is 10.2. The number of halogens is 1. The molecule has 4 nitrogen and oxygen atoms in total. The predicted molar refractivity (Wildman–Crippen MR) is 66.1 cm³/mol. The molecule has 0 aliphatic rings. The number of nitriles is 1. The van der Waals surface area contributed by atoms with E-state index in [1.54, 1.807) is 25.1 Å². The molecule has 2 rings (SSSR count). The van der Waals surface area contributed by atoms with Gasteiger partial charge in [-0.3, -0.25) is 4.98 Å². The minimum absolute atomic E-state index is 0.133. The molecular formula is C14H11FN2O2. The third-order valence-electron chi connectivity index (χ3n) is 2.50. The van der Waals surface area contributed by atoms with E-state index in [-0.39, 0.29) is 11.3 Å². The summed E-state index contributed by atoms with van der Waals surface area (Å²) in [5.41, 5.74) is 0.356. The molecule has 0 saturated heterocycles. The quantitative estimate of drug-likeness (QED) is 0.919. The standard InChI is InChI=1S/C14H11FN2O2/c1-9(18)13-6-5-10(8-17-13)19-14-4-2-3-12(15)11(14)7-16/h2-6,8-9,18H,1H3. The zero-order valence-corrected chi connectivity index (χ0v) is 10.2. The zero-order valence-electron chi connectivity index (χ0n) is 10.2. The first kappa shape index (κ1) is 13.0. The van der Waals surface area contributed by atoms with Crippen molar-refractivity contribution in [1.29, 1.82) is 5.26 Å². The molecule has 0 radical (unpaired) electrons. The molecule has 0 fully saturated rings. The highest BCUT2D eigenvalue weighted by atomic mass is 19.1. The predicted octanol–water partition coefficient (Wildman–Crippen LogP) is 2.94. The highest BCUT2D eigenvalue weighted by Crippen LogP contribution is 2.26.